The number of hydrogen-bond acceptors (Lipinski definition) is 6. The Morgan fingerprint density at radius 2 is 2.06 bits per heavy atom. The summed E-state index contributed by atoms with van der Waals surface area (Å²) in [5.41, 5.74) is 4.06. The number of benzene rings is 1. The summed E-state index contributed by atoms with van der Waals surface area (Å²) in [6, 6.07) is 8.80. The van der Waals surface area contributed by atoms with E-state index in [9.17, 15) is 13.2 Å². The fourth-order valence-corrected chi connectivity index (χ4v) is 5.22. The summed E-state index contributed by atoms with van der Waals surface area (Å²) in [6.07, 6.45) is 5.71. The monoisotopic (exact) mass is 493 g/mol. The molecule has 0 radical (unpaired) electrons. The lowest BCUT2D eigenvalue weighted by molar-refractivity contribution is -0.118. The minimum atomic E-state index is -4.15. The van der Waals surface area contributed by atoms with Gasteiger partial charge in [0.15, 0.2) is 5.03 Å². The largest absolute Gasteiger partial charge is 0.377 e. The van der Waals surface area contributed by atoms with Gasteiger partial charge in [-0.1, -0.05) is 18.7 Å². The molecule has 0 atom stereocenters. The summed E-state index contributed by atoms with van der Waals surface area (Å²) in [6.45, 7) is 11.3. The summed E-state index contributed by atoms with van der Waals surface area (Å²) < 4.78 is 34.8. The maximum atomic E-state index is 13.0. The molecule has 0 bridgehead atoms. The summed E-state index contributed by atoms with van der Waals surface area (Å²) in [5, 5.41) is 3.89. The number of sulfonamides is 1. The highest BCUT2D eigenvalue weighted by atomic mass is 32.2. The molecule has 1 amide bonds. The van der Waals surface area contributed by atoms with Crippen LogP contribution in [0.25, 0.3) is 16.0 Å². The van der Waals surface area contributed by atoms with E-state index in [4.69, 9.17) is 11.3 Å². The van der Waals surface area contributed by atoms with Crippen molar-refractivity contribution in [3.8, 4) is 11.1 Å². The van der Waals surface area contributed by atoms with Crippen LogP contribution in [0.2, 0.25) is 0 Å². The molecule has 0 unspecified atom stereocenters. The predicted octanol–water partition coefficient (Wildman–Crippen LogP) is 3.46. The molecule has 2 aromatic heterocycles. The van der Waals surface area contributed by atoms with Crippen LogP contribution in [0, 0.1) is 6.57 Å². The second-order valence-corrected chi connectivity index (χ2v) is 10.7. The zero-order valence-electron chi connectivity index (χ0n) is 19.9. The highest BCUT2D eigenvalue weighted by molar-refractivity contribution is 7.90. The van der Waals surface area contributed by atoms with Gasteiger partial charge in [0.25, 0.3) is 15.8 Å². The second kappa shape index (κ2) is 9.60. The van der Waals surface area contributed by atoms with E-state index >= 15 is 0 Å². The number of aromatic nitrogens is 3. The quantitative estimate of drug-likeness (QED) is 0.482. The van der Waals surface area contributed by atoms with Crippen molar-refractivity contribution in [3.63, 3.8) is 0 Å². The number of aryl methyl sites for hydroxylation is 1. The maximum Gasteiger partial charge on any atom is 0.283 e. The number of pyridine rings is 1. The number of methoxy groups -OCH3 is 1. The van der Waals surface area contributed by atoms with Gasteiger partial charge in [-0.2, -0.15) is 13.5 Å². The Bertz CT molecular complexity index is 1420. The Kier molecular flexibility index (Phi) is 6.74. The van der Waals surface area contributed by atoms with Crippen molar-refractivity contribution >= 4 is 21.7 Å². The molecule has 1 aromatic carbocycles. The Morgan fingerprint density at radius 1 is 1.26 bits per heavy atom. The number of ether oxygens (including phenoxy) is 1. The molecule has 0 saturated heterocycles. The summed E-state index contributed by atoms with van der Waals surface area (Å²) in [5.74, 6) is -0.383. The van der Waals surface area contributed by atoms with Crippen LogP contribution < -0.4 is 4.72 Å². The van der Waals surface area contributed by atoms with Crippen LogP contribution in [-0.2, 0) is 45.4 Å². The van der Waals surface area contributed by atoms with E-state index in [0.717, 1.165) is 41.5 Å². The van der Waals surface area contributed by atoms with Gasteiger partial charge < -0.3 is 9.58 Å². The van der Waals surface area contributed by atoms with Gasteiger partial charge in [0, 0.05) is 13.3 Å². The molecule has 4 rings (SSSR count). The Balaban J connectivity index is 1.59. The third-order valence-electron chi connectivity index (χ3n) is 6.14. The lowest BCUT2D eigenvalue weighted by Crippen LogP contribution is -2.33. The third kappa shape index (κ3) is 5.42. The van der Waals surface area contributed by atoms with Crippen molar-refractivity contribution in [1.82, 2.24) is 19.5 Å². The number of nitrogens with zero attached hydrogens (tertiary/aromatic N) is 4. The molecule has 1 N–H and O–H groups in total. The molecule has 182 valence electrons. The molecular formula is C25H27N5O4S. The number of hydrogen-bond donors (Lipinski definition) is 1. The molecule has 3 aromatic rings. The van der Waals surface area contributed by atoms with E-state index in [-0.39, 0.29) is 17.3 Å². The number of fused-ring (bicyclic) bond motifs is 1. The van der Waals surface area contributed by atoms with Crippen molar-refractivity contribution in [1.29, 1.82) is 0 Å². The van der Waals surface area contributed by atoms with Crippen LogP contribution in [0.5, 0.6) is 0 Å². The number of carbonyl (C=O) groups excluding carboxylic acids is 1. The van der Waals surface area contributed by atoms with Gasteiger partial charge in [0.2, 0.25) is 5.91 Å². The van der Waals surface area contributed by atoms with Gasteiger partial charge in [0.1, 0.15) is 6.20 Å². The van der Waals surface area contributed by atoms with Gasteiger partial charge in [-0.3, -0.25) is 9.48 Å². The Morgan fingerprint density at radius 3 is 2.80 bits per heavy atom. The molecule has 35 heavy (non-hydrogen) atoms. The molecule has 0 fully saturated rings. The van der Waals surface area contributed by atoms with E-state index < -0.39 is 21.5 Å². The van der Waals surface area contributed by atoms with E-state index in [1.165, 1.54) is 16.3 Å². The number of carbonyl (C=O) groups is 1. The van der Waals surface area contributed by atoms with Crippen LogP contribution in [0.15, 0.2) is 47.8 Å². The van der Waals surface area contributed by atoms with Gasteiger partial charge in [-0.15, -0.1) is 4.98 Å². The summed E-state index contributed by atoms with van der Waals surface area (Å²) in [4.78, 5) is 20.4. The molecule has 0 aliphatic heterocycles. The minimum absolute atomic E-state index is 0.106. The zero-order chi connectivity index (χ0) is 25.2. The first-order valence-electron chi connectivity index (χ1n) is 11.2. The molecule has 1 aliphatic rings. The molecule has 10 heteroatoms. The fourth-order valence-electron chi connectivity index (χ4n) is 4.29. The first-order valence-corrected chi connectivity index (χ1v) is 12.7. The number of amides is 1. The van der Waals surface area contributed by atoms with Crippen LogP contribution in [0.4, 0.5) is 5.82 Å². The van der Waals surface area contributed by atoms with Crippen molar-refractivity contribution in [2.75, 3.05) is 7.11 Å². The normalized spacial score (nSPS) is 13.3. The summed E-state index contributed by atoms with van der Waals surface area (Å²) >= 11 is 0. The van der Waals surface area contributed by atoms with E-state index in [1.54, 1.807) is 31.6 Å². The SMILES string of the molecule is [C-]#[N+]c1cc(-c2ccc3c(c2CC(=O)NS(=O)(=O)c2ccn(CC(C)(C)OC)n2)CCC3)ccn1. The standard InChI is InChI=1S/C25H27N5O4S/c1-25(2,34-4)16-30-13-11-24(28-30)35(32,33)29-23(31)15-21-19-7-5-6-17(19)8-9-20(21)18-10-12-27-22(14-18)26-3/h8-14H,5-7,15-16H2,1-2,4H3,(H,29,31). The van der Waals surface area contributed by atoms with Crippen molar-refractivity contribution in [2.24, 2.45) is 0 Å². The van der Waals surface area contributed by atoms with Crippen LogP contribution in [0.1, 0.15) is 37.0 Å². The fraction of sp³-hybridized carbons (Fsp3) is 0.360. The Labute approximate surface area is 205 Å². The van der Waals surface area contributed by atoms with E-state index in [1.807, 2.05) is 26.0 Å². The van der Waals surface area contributed by atoms with E-state index in [0.29, 0.717) is 6.54 Å². The molecule has 0 spiro atoms. The van der Waals surface area contributed by atoms with Crippen LogP contribution in [0.3, 0.4) is 0 Å². The highest BCUT2D eigenvalue weighted by Crippen LogP contribution is 2.34. The summed E-state index contributed by atoms with van der Waals surface area (Å²) in [7, 11) is -2.57. The van der Waals surface area contributed by atoms with Gasteiger partial charge in [-0.05, 0) is 79.1 Å². The maximum absolute atomic E-state index is 13.0. The second-order valence-electron chi connectivity index (χ2n) is 9.12. The Hall–Kier alpha value is -3.55. The first-order chi connectivity index (χ1) is 16.6. The molecule has 2 heterocycles. The van der Waals surface area contributed by atoms with Crippen molar-refractivity contribution in [2.45, 2.75) is 56.7 Å². The minimum Gasteiger partial charge on any atom is -0.377 e. The van der Waals surface area contributed by atoms with Crippen molar-refractivity contribution in [3.05, 3.63) is 70.8 Å². The van der Waals surface area contributed by atoms with Gasteiger partial charge in [-0.25, -0.2) is 4.72 Å². The third-order valence-corrected chi connectivity index (χ3v) is 7.41. The average molecular weight is 494 g/mol. The molecule has 0 saturated carbocycles. The lowest BCUT2D eigenvalue weighted by atomic mass is 9.91. The van der Waals surface area contributed by atoms with Crippen molar-refractivity contribution < 1.29 is 17.9 Å². The smallest absolute Gasteiger partial charge is 0.283 e. The van der Waals surface area contributed by atoms with E-state index in [2.05, 4.69) is 19.6 Å². The van der Waals surface area contributed by atoms with Crippen LogP contribution >= 0.6 is 0 Å². The number of rotatable bonds is 8. The molecular weight excluding hydrogens is 466 g/mol. The number of nitrogens with one attached hydrogen (secondary N) is 1. The first kappa shape index (κ1) is 24.6. The van der Waals surface area contributed by atoms with Crippen LogP contribution in [-0.4, -0.2) is 41.8 Å². The van der Waals surface area contributed by atoms with Gasteiger partial charge in [0.05, 0.1) is 18.6 Å². The zero-order valence-corrected chi connectivity index (χ0v) is 20.7. The topological polar surface area (TPSA) is 108 Å². The molecule has 9 nitrogen and oxygen atoms in total. The lowest BCUT2D eigenvalue weighted by Gasteiger charge is -2.22. The highest BCUT2D eigenvalue weighted by Gasteiger charge is 2.26. The van der Waals surface area contributed by atoms with Gasteiger partial charge >= 0.3 is 0 Å². The predicted molar refractivity (Wildman–Crippen MR) is 130 cm³/mol. The average Bonchev–Trinajstić information content (AvgIpc) is 3.49. The molecule has 1 aliphatic carbocycles.